The molecule has 1 aliphatic heterocycles. The van der Waals surface area contributed by atoms with Crippen molar-refractivity contribution < 1.29 is 37.0 Å². The minimum absolute atomic E-state index is 0.0299. The summed E-state index contributed by atoms with van der Waals surface area (Å²) < 4.78 is 62.0. The number of ether oxygens (including phenoxy) is 3. The molecular weight excluding hydrogens is 637 g/mol. The van der Waals surface area contributed by atoms with Gasteiger partial charge in [0.15, 0.2) is 0 Å². The second-order valence-electron chi connectivity index (χ2n) is 11.5. The number of alkyl halides is 3. The summed E-state index contributed by atoms with van der Waals surface area (Å²) in [5.41, 5.74) is 9.31. The lowest BCUT2D eigenvalue weighted by atomic mass is 10.1. The van der Waals surface area contributed by atoms with Crippen molar-refractivity contribution in [3.63, 3.8) is 0 Å². The quantitative estimate of drug-likeness (QED) is 0.231. The number of thiazole rings is 1. The fourth-order valence-corrected chi connectivity index (χ4v) is 5.53. The van der Waals surface area contributed by atoms with E-state index in [0.717, 1.165) is 17.4 Å². The van der Waals surface area contributed by atoms with Crippen LogP contribution < -0.4 is 26.4 Å². The van der Waals surface area contributed by atoms with Gasteiger partial charge in [0.25, 0.3) is 5.91 Å². The molecule has 1 atom stereocenters. The summed E-state index contributed by atoms with van der Waals surface area (Å²) in [6.45, 7) is 5.31. The van der Waals surface area contributed by atoms with E-state index in [-0.39, 0.29) is 49.1 Å². The van der Waals surface area contributed by atoms with E-state index < -0.39 is 41.2 Å². The monoisotopic (exact) mass is 674 g/mol. The molecule has 1 fully saturated rings. The third-order valence-electron chi connectivity index (χ3n) is 6.72. The van der Waals surface area contributed by atoms with Crippen LogP contribution in [-0.2, 0) is 15.7 Å². The molecule has 2 aromatic carbocycles. The fraction of sp³-hybridized carbons (Fsp3) is 0.344. The number of allylic oxidation sites excluding steroid dienone is 2. The van der Waals surface area contributed by atoms with Gasteiger partial charge in [0, 0.05) is 37.3 Å². The smallest absolute Gasteiger partial charge is 0.422 e. The summed E-state index contributed by atoms with van der Waals surface area (Å²) in [6.07, 6.45) is -2.12. The molecule has 1 saturated heterocycles. The second kappa shape index (κ2) is 14.8. The number of anilines is 2. The minimum Gasteiger partial charge on any atom is -0.457 e. The highest BCUT2D eigenvalue weighted by Gasteiger charge is 2.42. The number of aromatic nitrogens is 1. The zero-order chi connectivity index (χ0) is 34.4. The number of nitrogens with zero attached hydrogens (tertiary/aromatic N) is 3. The van der Waals surface area contributed by atoms with E-state index in [9.17, 15) is 9.59 Å². The number of carbonyl (C=O) groups excluding carboxylic acids is 2. The molecule has 252 valence electrons. The molecule has 4 rings (SSSR count). The van der Waals surface area contributed by atoms with Crippen LogP contribution >= 0.6 is 11.3 Å². The van der Waals surface area contributed by atoms with Gasteiger partial charge in [-0.2, -0.15) is 13.2 Å². The molecule has 1 unspecified atom stereocenters. The van der Waals surface area contributed by atoms with Gasteiger partial charge >= 0.3 is 12.3 Å². The number of likely N-dealkylation sites (N-methyl/N-ethyl adjacent to an activating group) is 1. The average molecular weight is 675 g/mol. The van der Waals surface area contributed by atoms with E-state index in [0.29, 0.717) is 10.6 Å². The molecule has 0 spiro atoms. The number of hydrogen-bond donors (Lipinski definition) is 3. The van der Waals surface area contributed by atoms with Crippen molar-refractivity contribution in [2.45, 2.75) is 38.7 Å². The first-order valence-electron chi connectivity index (χ1n) is 14.6. The maximum atomic E-state index is 15.0. The number of rotatable bonds is 9. The highest BCUT2D eigenvalue weighted by molar-refractivity contribution is 7.11. The Morgan fingerprint density at radius 2 is 1.89 bits per heavy atom. The van der Waals surface area contributed by atoms with Crippen molar-refractivity contribution in [1.82, 2.24) is 9.88 Å². The molecule has 1 aliphatic rings. The minimum atomic E-state index is -4.90. The third-order valence-corrected chi connectivity index (χ3v) is 7.61. The maximum Gasteiger partial charge on any atom is 0.422 e. The van der Waals surface area contributed by atoms with Crippen molar-refractivity contribution in [2.75, 3.05) is 43.5 Å². The Morgan fingerprint density at radius 3 is 2.53 bits per heavy atom. The summed E-state index contributed by atoms with van der Waals surface area (Å²) in [5.74, 6) is -0.987. The van der Waals surface area contributed by atoms with Crippen molar-refractivity contribution >= 4 is 40.3 Å². The van der Waals surface area contributed by atoms with Crippen LogP contribution in [0.1, 0.15) is 41.8 Å². The third kappa shape index (κ3) is 9.16. The molecule has 5 N–H and O–H groups in total. The zero-order valence-corrected chi connectivity index (χ0v) is 27.2. The number of benzene rings is 2. The summed E-state index contributed by atoms with van der Waals surface area (Å²) in [6, 6.07) is 10.6. The number of morpholine rings is 1. The predicted molar refractivity (Wildman–Crippen MR) is 174 cm³/mol. The van der Waals surface area contributed by atoms with Crippen LogP contribution in [-0.4, -0.2) is 66.9 Å². The topological polar surface area (TPSA) is 145 Å². The number of para-hydroxylation sites is 1. The summed E-state index contributed by atoms with van der Waals surface area (Å²) in [7, 11) is 1.52. The Hall–Kier alpha value is -4.76. The lowest BCUT2D eigenvalue weighted by Crippen LogP contribution is -2.49. The Morgan fingerprint density at radius 1 is 1.17 bits per heavy atom. The van der Waals surface area contributed by atoms with Crippen LogP contribution in [0.2, 0.25) is 0 Å². The molecule has 1 aromatic heterocycles. The Bertz CT molecular complexity index is 1620. The fourth-order valence-electron chi connectivity index (χ4n) is 4.73. The van der Waals surface area contributed by atoms with Gasteiger partial charge < -0.3 is 40.8 Å². The van der Waals surface area contributed by atoms with Gasteiger partial charge in [-0.05, 0) is 57.3 Å². The normalized spacial score (nSPS) is 15.9. The van der Waals surface area contributed by atoms with E-state index >= 15 is 13.2 Å². The molecule has 3 aromatic rings. The van der Waals surface area contributed by atoms with Crippen molar-refractivity contribution in [3.05, 3.63) is 82.6 Å². The van der Waals surface area contributed by atoms with Gasteiger partial charge in [0.2, 0.25) is 0 Å². The number of hydrogen-bond acceptors (Lipinski definition) is 10. The van der Waals surface area contributed by atoms with E-state index in [2.05, 4.69) is 10.3 Å². The summed E-state index contributed by atoms with van der Waals surface area (Å²) in [5, 5.41) is 4.48. The van der Waals surface area contributed by atoms with Gasteiger partial charge in [-0.1, -0.05) is 18.2 Å². The highest BCUT2D eigenvalue weighted by Crippen LogP contribution is 2.48. The molecule has 2 amide bonds. The molecule has 0 radical (unpaired) electrons. The van der Waals surface area contributed by atoms with Gasteiger partial charge in [-0.15, -0.1) is 11.3 Å². The molecule has 15 heteroatoms. The van der Waals surface area contributed by atoms with Crippen molar-refractivity contribution in [3.8, 4) is 11.5 Å². The van der Waals surface area contributed by atoms with Crippen LogP contribution in [0.4, 0.5) is 29.3 Å². The molecule has 47 heavy (non-hydrogen) atoms. The highest BCUT2D eigenvalue weighted by atomic mass is 32.1. The first kappa shape index (κ1) is 35.1. The second-order valence-corrected chi connectivity index (χ2v) is 12.4. The number of amides is 2. The van der Waals surface area contributed by atoms with Gasteiger partial charge in [0.1, 0.15) is 33.4 Å². The van der Waals surface area contributed by atoms with E-state index in [1.54, 1.807) is 39.0 Å². The van der Waals surface area contributed by atoms with E-state index in [4.69, 9.17) is 25.7 Å². The predicted octanol–water partition coefficient (Wildman–Crippen LogP) is 6.05. The summed E-state index contributed by atoms with van der Waals surface area (Å²) >= 11 is 1.12. The molecule has 11 nitrogen and oxygen atoms in total. The number of nitrogens with two attached hydrogens (primary N) is 2. The first-order chi connectivity index (χ1) is 22.2. The number of carbonyl (C=O) groups is 2. The molecular formula is C32H37F3N6O5S. The van der Waals surface area contributed by atoms with E-state index in [1.807, 2.05) is 0 Å². The standard InChI is InChI=1S/C32H37F3N6O5S/c1-31(2,3)46-30(43)40(4)17-22-18-41(14-15-44-22)27-23(38-28(42)24-19-47-29(39-24)20(16-37)12-13-36)10-11-25(26(27)32(33,34)35)45-21-8-6-5-7-9-21/h5-13,16,19,22H,14-15,17-18,36-37H2,1-4H3,(H,38,42)/b13-12-,20-16+. The Kier molecular flexibility index (Phi) is 11.0. The first-order valence-corrected chi connectivity index (χ1v) is 15.4. The van der Waals surface area contributed by atoms with Crippen LogP contribution in [0.15, 0.2) is 66.3 Å². The average Bonchev–Trinajstić information content (AvgIpc) is 3.50. The van der Waals surface area contributed by atoms with Crippen molar-refractivity contribution in [2.24, 2.45) is 11.5 Å². The van der Waals surface area contributed by atoms with Gasteiger partial charge in [-0.25, -0.2) is 9.78 Å². The molecule has 0 bridgehead atoms. The Balaban J connectivity index is 1.73. The van der Waals surface area contributed by atoms with E-state index in [1.165, 1.54) is 58.9 Å². The zero-order valence-electron chi connectivity index (χ0n) is 26.3. The number of halogens is 3. The molecule has 0 aliphatic carbocycles. The van der Waals surface area contributed by atoms with Crippen LogP contribution in [0, 0.1) is 0 Å². The van der Waals surface area contributed by atoms with Crippen LogP contribution in [0.3, 0.4) is 0 Å². The largest absolute Gasteiger partial charge is 0.457 e. The van der Waals surface area contributed by atoms with Gasteiger partial charge in [-0.3, -0.25) is 4.79 Å². The Labute approximate surface area is 274 Å². The molecule has 2 heterocycles. The maximum absolute atomic E-state index is 15.0. The van der Waals surface area contributed by atoms with Crippen LogP contribution in [0.25, 0.3) is 5.57 Å². The van der Waals surface area contributed by atoms with Crippen molar-refractivity contribution in [1.29, 1.82) is 0 Å². The molecule has 0 saturated carbocycles. The summed E-state index contributed by atoms with van der Waals surface area (Å²) in [4.78, 5) is 33.1. The lowest BCUT2D eigenvalue weighted by Gasteiger charge is -2.38. The van der Waals surface area contributed by atoms with Crippen LogP contribution in [0.5, 0.6) is 11.5 Å². The SMILES string of the molecule is CN(CC1CN(c2c(NC(=O)c3csc(C(/C=C\N)=C/N)n3)ccc(Oc3ccccc3)c2C(F)(F)F)CCO1)C(=O)OC(C)(C)C. The van der Waals surface area contributed by atoms with Gasteiger partial charge in [0.05, 0.1) is 30.6 Å². The lowest BCUT2D eigenvalue weighted by molar-refractivity contribution is -0.138. The number of nitrogens with one attached hydrogen (secondary N) is 1.